The summed E-state index contributed by atoms with van der Waals surface area (Å²) in [6.07, 6.45) is -1.20. The van der Waals surface area contributed by atoms with Crippen LogP contribution < -0.4 is 5.32 Å². The highest BCUT2D eigenvalue weighted by Gasteiger charge is 2.14. The van der Waals surface area contributed by atoms with Crippen molar-refractivity contribution in [2.45, 2.75) is 6.04 Å². The van der Waals surface area contributed by atoms with E-state index in [1.807, 2.05) is 6.07 Å². The van der Waals surface area contributed by atoms with Gasteiger partial charge in [-0.25, -0.2) is 4.79 Å². The van der Waals surface area contributed by atoms with E-state index in [1.165, 1.54) is 11.3 Å². The summed E-state index contributed by atoms with van der Waals surface area (Å²) in [6.45, 7) is -0.322. The van der Waals surface area contributed by atoms with E-state index in [0.717, 1.165) is 0 Å². The number of nitriles is 1. The second kappa shape index (κ2) is 4.60. The fourth-order valence-electron chi connectivity index (χ4n) is 0.950. The average Bonchev–Trinajstić information content (AvgIpc) is 2.62. The van der Waals surface area contributed by atoms with Crippen molar-refractivity contribution < 1.29 is 15.0 Å². The lowest BCUT2D eigenvalue weighted by Crippen LogP contribution is -2.28. The molecule has 0 aromatic carbocycles. The van der Waals surface area contributed by atoms with Crippen molar-refractivity contribution in [1.29, 1.82) is 5.26 Å². The molecule has 0 aliphatic rings. The van der Waals surface area contributed by atoms with Crippen LogP contribution in [-0.4, -0.2) is 22.9 Å². The molecule has 1 atom stereocenters. The van der Waals surface area contributed by atoms with E-state index in [2.05, 4.69) is 5.32 Å². The van der Waals surface area contributed by atoms with Gasteiger partial charge in [0, 0.05) is 10.3 Å². The maximum atomic E-state index is 10.3. The minimum atomic E-state index is -1.20. The van der Waals surface area contributed by atoms with Crippen molar-refractivity contribution in [2.24, 2.45) is 0 Å². The van der Waals surface area contributed by atoms with Crippen LogP contribution in [-0.2, 0) is 0 Å². The molecule has 0 radical (unpaired) electrons. The number of thiophene rings is 1. The normalized spacial score (nSPS) is 11.7. The van der Waals surface area contributed by atoms with E-state index in [0.29, 0.717) is 10.4 Å². The molecule has 1 aromatic heterocycles. The van der Waals surface area contributed by atoms with Crippen LogP contribution in [0.15, 0.2) is 11.4 Å². The van der Waals surface area contributed by atoms with Crippen molar-refractivity contribution in [1.82, 2.24) is 5.32 Å². The molecule has 1 heterocycles. The highest BCUT2D eigenvalue weighted by atomic mass is 32.1. The molecule has 14 heavy (non-hydrogen) atoms. The van der Waals surface area contributed by atoms with Gasteiger partial charge in [-0.2, -0.15) is 5.26 Å². The van der Waals surface area contributed by atoms with Crippen LogP contribution in [0.3, 0.4) is 0 Å². The summed E-state index contributed by atoms with van der Waals surface area (Å²) in [4.78, 5) is 11.0. The Labute approximate surface area is 84.2 Å². The van der Waals surface area contributed by atoms with E-state index in [-0.39, 0.29) is 6.61 Å². The monoisotopic (exact) mass is 212 g/mol. The molecule has 1 amide bonds. The number of nitrogens with one attached hydrogen (secondary N) is 1. The fourth-order valence-corrected chi connectivity index (χ4v) is 1.83. The van der Waals surface area contributed by atoms with Gasteiger partial charge in [-0.15, -0.1) is 11.3 Å². The Morgan fingerprint density at radius 3 is 2.93 bits per heavy atom. The molecule has 0 saturated carbocycles. The van der Waals surface area contributed by atoms with Gasteiger partial charge in [0.1, 0.15) is 6.07 Å². The Morgan fingerprint density at radius 2 is 2.50 bits per heavy atom. The second-order valence-corrected chi connectivity index (χ2v) is 3.48. The molecule has 1 aromatic rings. The minimum absolute atomic E-state index is 0.322. The van der Waals surface area contributed by atoms with Crippen LogP contribution in [0.1, 0.15) is 16.5 Å². The van der Waals surface area contributed by atoms with Gasteiger partial charge >= 0.3 is 6.09 Å². The molecule has 0 bridgehead atoms. The first kappa shape index (κ1) is 10.5. The molecule has 0 spiro atoms. The number of amides is 1. The smallest absolute Gasteiger partial charge is 0.405 e. The lowest BCUT2D eigenvalue weighted by molar-refractivity contribution is 0.178. The third-order valence-corrected chi connectivity index (χ3v) is 2.62. The van der Waals surface area contributed by atoms with Gasteiger partial charge in [0.15, 0.2) is 0 Å². The molecular formula is C8H8N2O3S. The first-order valence-electron chi connectivity index (χ1n) is 3.76. The van der Waals surface area contributed by atoms with E-state index in [1.54, 1.807) is 11.4 Å². The molecule has 0 aliphatic carbocycles. The number of rotatable bonds is 3. The summed E-state index contributed by atoms with van der Waals surface area (Å²) in [5.41, 5.74) is 0.468. The zero-order valence-corrected chi connectivity index (χ0v) is 7.91. The maximum absolute atomic E-state index is 10.3. The van der Waals surface area contributed by atoms with Crippen molar-refractivity contribution in [3.8, 4) is 6.07 Å². The number of hydrogen-bond donors (Lipinski definition) is 3. The highest BCUT2D eigenvalue weighted by molar-refractivity contribution is 7.10. The van der Waals surface area contributed by atoms with Crippen molar-refractivity contribution >= 4 is 17.4 Å². The third-order valence-electron chi connectivity index (χ3n) is 1.57. The van der Waals surface area contributed by atoms with E-state index < -0.39 is 12.1 Å². The molecule has 6 heteroatoms. The van der Waals surface area contributed by atoms with Gasteiger partial charge in [-0.05, 0) is 6.07 Å². The van der Waals surface area contributed by atoms with Crippen molar-refractivity contribution in [3.63, 3.8) is 0 Å². The summed E-state index contributed by atoms with van der Waals surface area (Å²) >= 11 is 1.24. The second-order valence-electron chi connectivity index (χ2n) is 2.53. The Bertz CT molecular complexity index is 369. The average molecular weight is 212 g/mol. The topological polar surface area (TPSA) is 93.4 Å². The molecule has 5 nitrogen and oxygen atoms in total. The van der Waals surface area contributed by atoms with Gasteiger partial charge in [0.05, 0.1) is 18.2 Å². The quantitative estimate of drug-likeness (QED) is 0.694. The third kappa shape index (κ3) is 2.45. The summed E-state index contributed by atoms with van der Waals surface area (Å²) in [6, 6.07) is 2.84. The first-order valence-corrected chi connectivity index (χ1v) is 4.64. The number of carboxylic acid groups (broad SMARTS) is 1. The van der Waals surface area contributed by atoms with Gasteiger partial charge in [0.2, 0.25) is 0 Å². The Hall–Kier alpha value is -1.58. The fraction of sp³-hybridized carbons (Fsp3) is 0.250. The molecule has 0 unspecified atom stereocenters. The van der Waals surface area contributed by atoms with Crippen molar-refractivity contribution in [3.05, 3.63) is 21.9 Å². The zero-order chi connectivity index (χ0) is 10.6. The van der Waals surface area contributed by atoms with Crippen LogP contribution in [0.5, 0.6) is 0 Å². The van der Waals surface area contributed by atoms with Crippen LogP contribution in [0.2, 0.25) is 0 Å². The SMILES string of the molecule is N#Cc1csc([C@H](CO)NC(=O)O)c1. The number of aliphatic hydroxyl groups excluding tert-OH is 1. The largest absolute Gasteiger partial charge is 0.465 e. The molecular weight excluding hydrogens is 204 g/mol. The van der Waals surface area contributed by atoms with Crippen molar-refractivity contribution in [2.75, 3.05) is 6.61 Å². The Balaban J connectivity index is 2.79. The predicted molar refractivity (Wildman–Crippen MR) is 50.0 cm³/mol. The molecule has 0 fully saturated rings. The van der Waals surface area contributed by atoms with Gasteiger partial charge in [-0.3, -0.25) is 0 Å². The first-order chi connectivity index (χ1) is 6.67. The summed E-state index contributed by atoms with van der Waals surface area (Å²) < 4.78 is 0. The van der Waals surface area contributed by atoms with E-state index >= 15 is 0 Å². The van der Waals surface area contributed by atoms with Gasteiger partial charge in [-0.1, -0.05) is 0 Å². The van der Waals surface area contributed by atoms with Crippen LogP contribution in [0.4, 0.5) is 4.79 Å². The number of aliphatic hydroxyl groups is 1. The maximum Gasteiger partial charge on any atom is 0.405 e. The van der Waals surface area contributed by atoms with Crippen LogP contribution in [0, 0.1) is 11.3 Å². The molecule has 1 rings (SSSR count). The molecule has 0 saturated heterocycles. The van der Waals surface area contributed by atoms with E-state index in [9.17, 15) is 4.79 Å². The minimum Gasteiger partial charge on any atom is -0.465 e. The molecule has 0 aliphatic heterocycles. The summed E-state index contributed by atoms with van der Waals surface area (Å²) in [5, 5.41) is 29.7. The Morgan fingerprint density at radius 1 is 1.79 bits per heavy atom. The Kier molecular flexibility index (Phi) is 3.45. The zero-order valence-electron chi connectivity index (χ0n) is 7.10. The summed E-state index contributed by atoms with van der Waals surface area (Å²) in [5.74, 6) is 0. The van der Waals surface area contributed by atoms with Gasteiger partial charge in [0.25, 0.3) is 0 Å². The summed E-state index contributed by atoms with van der Waals surface area (Å²) in [7, 11) is 0. The van der Waals surface area contributed by atoms with E-state index in [4.69, 9.17) is 15.5 Å². The number of hydrogen-bond acceptors (Lipinski definition) is 4. The number of nitrogens with zero attached hydrogens (tertiary/aromatic N) is 1. The van der Waals surface area contributed by atoms with Crippen LogP contribution >= 0.6 is 11.3 Å². The lowest BCUT2D eigenvalue weighted by Gasteiger charge is -2.11. The highest BCUT2D eigenvalue weighted by Crippen LogP contribution is 2.21. The number of carbonyl (C=O) groups is 1. The standard InChI is InChI=1S/C8H8N2O3S/c9-2-5-1-7(14-4-5)6(3-11)10-8(12)13/h1,4,6,10-11H,3H2,(H,12,13)/t6-/m0/s1. The predicted octanol–water partition coefficient (Wildman–Crippen LogP) is 0.921. The molecule has 74 valence electrons. The lowest BCUT2D eigenvalue weighted by atomic mass is 10.2. The van der Waals surface area contributed by atoms with Gasteiger partial charge < -0.3 is 15.5 Å². The molecule has 3 N–H and O–H groups in total. The van der Waals surface area contributed by atoms with Crippen LogP contribution in [0.25, 0.3) is 0 Å².